The molecule has 1 nitrogen and oxygen atoms in total. The third kappa shape index (κ3) is 2.72. The van der Waals surface area contributed by atoms with Crippen LogP contribution in [0.5, 0.6) is 0 Å². The van der Waals surface area contributed by atoms with Crippen LogP contribution in [0.1, 0.15) is 29.5 Å². The summed E-state index contributed by atoms with van der Waals surface area (Å²) in [5.74, 6) is 0.262. The van der Waals surface area contributed by atoms with E-state index in [1.807, 2.05) is 54.6 Å². The zero-order chi connectivity index (χ0) is 17.2. The Hall–Kier alpha value is -2.93. The van der Waals surface area contributed by atoms with Crippen LogP contribution in [0.4, 0.5) is 0 Å². The highest BCUT2D eigenvalue weighted by atomic mass is 16.1. The van der Waals surface area contributed by atoms with Gasteiger partial charge >= 0.3 is 0 Å². The highest BCUT2D eigenvalue weighted by Gasteiger charge is 2.40. The zero-order valence-electron chi connectivity index (χ0n) is 14.2. The Balaban J connectivity index is 1.99. The predicted octanol–water partition coefficient (Wildman–Crippen LogP) is 5.60. The Morgan fingerprint density at radius 2 is 1.12 bits per heavy atom. The molecule has 1 aliphatic rings. The smallest absolute Gasteiger partial charge is 0.167 e. The fraction of sp³-hybridized carbons (Fsp3) is 0.125. The monoisotopic (exact) mass is 324 g/mol. The van der Waals surface area contributed by atoms with Gasteiger partial charge in [-0.1, -0.05) is 97.9 Å². The van der Waals surface area contributed by atoms with Crippen molar-refractivity contribution in [2.75, 3.05) is 0 Å². The third-order valence-electron chi connectivity index (χ3n) is 5.05. The summed E-state index contributed by atoms with van der Waals surface area (Å²) in [6, 6.07) is 30.8. The number of hydrogen-bond donors (Lipinski definition) is 0. The van der Waals surface area contributed by atoms with Crippen molar-refractivity contribution in [3.63, 3.8) is 0 Å². The first-order valence-electron chi connectivity index (χ1n) is 8.71. The molecular formula is C24H20O. The van der Waals surface area contributed by atoms with Gasteiger partial charge in [0.15, 0.2) is 5.78 Å². The van der Waals surface area contributed by atoms with E-state index in [2.05, 4.69) is 43.3 Å². The van der Waals surface area contributed by atoms with Crippen molar-refractivity contribution in [1.82, 2.24) is 0 Å². The molecule has 2 atom stereocenters. The van der Waals surface area contributed by atoms with E-state index in [1.165, 1.54) is 5.56 Å². The van der Waals surface area contributed by atoms with Crippen LogP contribution < -0.4 is 0 Å². The molecule has 0 heterocycles. The second-order valence-corrected chi connectivity index (χ2v) is 6.56. The summed E-state index contributed by atoms with van der Waals surface area (Å²) in [6.45, 7) is 2.05. The van der Waals surface area contributed by atoms with E-state index in [1.54, 1.807) is 0 Å². The first-order valence-corrected chi connectivity index (χ1v) is 8.71. The minimum absolute atomic E-state index is 0.0622. The molecule has 3 aromatic carbocycles. The van der Waals surface area contributed by atoms with Crippen LogP contribution in [0, 0.1) is 5.92 Å². The summed E-state index contributed by atoms with van der Waals surface area (Å²) in [6.07, 6.45) is 0. The quantitative estimate of drug-likeness (QED) is 0.613. The van der Waals surface area contributed by atoms with Crippen LogP contribution in [0.25, 0.3) is 11.1 Å². The van der Waals surface area contributed by atoms with Gasteiger partial charge in [-0.25, -0.2) is 0 Å². The predicted molar refractivity (Wildman–Crippen MR) is 103 cm³/mol. The maximum Gasteiger partial charge on any atom is 0.167 e. The van der Waals surface area contributed by atoms with Crippen molar-refractivity contribution < 1.29 is 4.79 Å². The molecule has 3 aromatic rings. The minimum atomic E-state index is -0.0622. The van der Waals surface area contributed by atoms with Crippen LogP contribution in [0.15, 0.2) is 91.0 Å². The highest BCUT2D eigenvalue weighted by molar-refractivity contribution is 6.33. The van der Waals surface area contributed by atoms with Gasteiger partial charge in [0.2, 0.25) is 0 Å². The van der Waals surface area contributed by atoms with Gasteiger partial charge in [-0.2, -0.15) is 0 Å². The van der Waals surface area contributed by atoms with Gasteiger partial charge in [-0.05, 0) is 22.3 Å². The fourth-order valence-corrected chi connectivity index (χ4v) is 3.88. The molecule has 1 heteroatoms. The van der Waals surface area contributed by atoms with Gasteiger partial charge in [-0.3, -0.25) is 4.79 Å². The average molecular weight is 324 g/mol. The van der Waals surface area contributed by atoms with Gasteiger partial charge in [-0.15, -0.1) is 0 Å². The number of rotatable bonds is 3. The number of Topliss-reactive ketones (excluding diaryl/α,β-unsaturated/α-hetero) is 1. The van der Waals surface area contributed by atoms with Crippen LogP contribution in [0.3, 0.4) is 0 Å². The standard InChI is InChI=1S/C24H20O/c1-17-21(18-11-5-2-6-12-18)22(19-13-7-3-8-14-19)23(24(17)25)20-15-9-4-10-16-20/h2-17,21H,1H3. The van der Waals surface area contributed by atoms with Crippen molar-refractivity contribution in [2.45, 2.75) is 12.8 Å². The van der Waals surface area contributed by atoms with E-state index in [0.29, 0.717) is 0 Å². The van der Waals surface area contributed by atoms with Gasteiger partial charge in [0, 0.05) is 17.4 Å². The molecular weight excluding hydrogens is 304 g/mol. The molecule has 122 valence electrons. The Morgan fingerprint density at radius 1 is 0.640 bits per heavy atom. The van der Waals surface area contributed by atoms with Crippen molar-refractivity contribution in [1.29, 1.82) is 0 Å². The summed E-state index contributed by atoms with van der Waals surface area (Å²) in [4.78, 5) is 13.2. The summed E-state index contributed by atoms with van der Waals surface area (Å²) < 4.78 is 0. The second kappa shape index (κ2) is 6.52. The lowest BCUT2D eigenvalue weighted by molar-refractivity contribution is -0.116. The maximum atomic E-state index is 13.2. The number of carbonyl (C=O) groups is 1. The first-order chi connectivity index (χ1) is 12.3. The third-order valence-corrected chi connectivity index (χ3v) is 5.05. The van der Waals surface area contributed by atoms with Gasteiger partial charge in [0.05, 0.1) is 0 Å². The van der Waals surface area contributed by atoms with E-state index in [0.717, 1.165) is 22.3 Å². The molecule has 0 saturated heterocycles. The SMILES string of the molecule is CC1C(=O)C(c2ccccc2)=C(c2ccccc2)C1c1ccccc1. The molecule has 0 spiro atoms. The molecule has 0 N–H and O–H groups in total. The Morgan fingerprint density at radius 3 is 1.68 bits per heavy atom. The Labute approximate surface area is 148 Å². The minimum Gasteiger partial charge on any atom is -0.294 e. The van der Waals surface area contributed by atoms with Gasteiger partial charge in [0.1, 0.15) is 0 Å². The van der Waals surface area contributed by atoms with E-state index in [-0.39, 0.29) is 17.6 Å². The number of hydrogen-bond acceptors (Lipinski definition) is 1. The number of benzene rings is 3. The lowest BCUT2D eigenvalue weighted by Gasteiger charge is -2.20. The average Bonchev–Trinajstić information content (AvgIpc) is 2.95. The fourth-order valence-electron chi connectivity index (χ4n) is 3.88. The summed E-state index contributed by atoms with van der Waals surface area (Å²) >= 11 is 0. The highest BCUT2D eigenvalue weighted by Crippen LogP contribution is 2.49. The van der Waals surface area contributed by atoms with E-state index in [4.69, 9.17) is 0 Å². The molecule has 2 unspecified atom stereocenters. The molecule has 25 heavy (non-hydrogen) atoms. The van der Waals surface area contributed by atoms with Crippen molar-refractivity contribution in [3.05, 3.63) is 108 Å². The van der Waals surface area contributed by atoms with E-state index >= 15 is 0 Å². The topological polar surface area (TPSA) is 17.1 Å². The number of allylic oxidation sites excluding steroid dienone is 2. The summed E-state index contributed by atoms with van der Waals surface area (Å²) in [5, 5.41) is 0. The lowest BCUT2D eigenvalue weighted by Crippen LogP contribution is -2.12. The molecule has 0 amide bonds. The summed E-state index contributed by atoms with van der Waals surface area (Å²) in [7, 11) is 0. The molecule has 1 aliphatic carbocycles. The van der Waals surface area contributed by atoms with Crippen LogP contribution >= 0.6 is 0 Å². The second-order valence-electron chi connectivity index (χ2n) is 6.56. The molecule has 0 saturated carbocycles. The molecule has 4 rings (SSSR count). The van der Waals surface area contributed by atoms with Crippen molar-refractivity contribution in [2.24, 2.45) is 5.92 Å². The molecule has 0 aliphatic heterocycles. The van der Waals surface area contributed by atoms with Crippen LogP contribution in [-0.4, -0.2) is 5.78 Å². The molecule has 0 fully saturated rings. The molecule has 0 radical (unpaired) electrons. The van der Waals surface area contributed by atoms with Crippen molar-refractivity contribution in [3.8, 4) is 0 Å². The number of ketones is 1. The Kier molecular flexibility index (Phi) is 4.07. The van der Waals surface area contributed by atoms with E-state index < -0.39 is 0 Å². The van der Waals surface area contributed by atoms with E-state index in [9.17, 15) is 4.79 Å². The van der Waals surface area contributed by atoms with Crippen LogP contribution in [-0.2, 0) is 4.79 Å². The van der Waals surface area contributed by atoms with Gasteiger partial charge < -0.3 is 0 Å². The number of carbonyl (C=O) groups excluding carboxylic acids is 1. The largest absolute Gasteiger partial charge is 0.294 e. The lowest BCUT2D eigenvalue weighted by atomic mass is 9.83. The summed E-state index contributed by atoms with van der Waals surface area (Å²) in [5.41, 5.74) is 5.36. The van der Waals surface area contributed by atoms with Crippen molar-refractivity contribution >= 4 is 16.9 Å². The first kappa shape index (κ1) is 15.6. The zero-order valence-corrected chi connectivity index (χ0v) is 14.2. The van der Waals surface area contributed by atoms with Crippen LogP contribution in [0.2, 0.25) is 0 Å². The Bertz CT molecular complexity index is 908. The van der Waals surface area contributed by atoms with Gasteiger partial charge in [0.25, 0.3) is 0 Å². The maximum absolute atomic E-state index is 13.2. The normalized spacial score (nSPS) is 20.1. The molecule has 0 aromatic heterocycles. The molecule has 0 bridgehead atoms.